The lowest BCUT2D eigenvalue weighted by molar-refractivity contribution is 0.145. The van der Waals surface area contributed by atoms with Crippen LogP contribution in [-0.4, -0.2) is 24.3 Å². The van der Waals surface area contributed by atoms with E-state index in [1.54, 1.807) is 0 Å². The normalized spacial score (nSPS) is 17.8. The van der Waals surface area contributed by atoms with Crippen molar-refractivity contribution in [2.75, 3.05) is 18.0 Å². The van der Waals surface area contributed by atoms with Crippen molar-refractivity contribution in [3.63, 3.8) is 0 Å². The topological polar surface area (TPSA) is 49.5 Å². The molecule has 0 saturated carbocycles. The van der Waals surface area contributed by atoms with Crippen molar-refractivity contribution in [1.82, 2.24) is 0 Å². The van der Waals surface area contributed by atoms with Crippen molar-refractivity contribution in [2.24, 2.45) is 5.73 Å². The Balaban J connectivity index is 2.12. The highest BCUT2D eigenvalue weighted by molar-refractivity contribution is 9.10. The molecule has 16 heavy (non-hydrogen) atoms. The van der Waals surface area contributed by atoms with E-state index in [4.69, 9.17) is 5.73 Å². The quantitative estimate of drug-likeness (QED) is 0.872. The van der Waals surface area contributed by atoms with E-state index in [-0.39, 0.29) is 6.10 Å². The van der Waals surface area contributed by atoms with Crippen LogP contribution in [0.5, 0.6) is 0 Å². The van der Waals surface area contributed by atoms with Crippen LogP contribution in [0.3, 0.4) is 0 Å². The molecule has 0 unspecified atom stereocenters. The number of halogens is 1. The molecule has 0 aliphatic carbocycles. The van der Waals surface area contributed by atoms with E-state index in [2.05, 4.69) is 39.0 Å². The fourth-order valence-electron chi connectivity index (χ4n) is 2.02. The zero-order valence-corrected chi connectivity index (χ0v) is 10.8. The first-order chi connectivity index (χ1) is 7.70. The molecule has 1 aliphatic rings. The highest BCUT2D eigenvalue weighted by Crippen LogP contribution is 2.26. The summed E-state index contributed by atoms with van der Waals surface area (Å²) in [6.45, 7) is 2.41. The summed E-state index contributed by atoms with van der Waals surface area (Å²) in [6.07, 6.45) is 1.59. The Labute approximate surface area is 104 Å². The molecule has 3 N–H and O–H groups in total. The summed E-state index contributed by atoms with van der Waals surface area (Å²) in [5.74, 6) is 0. The number of nitrogens with zero attached hydrogens (tertiary/aromatic N) is 1. The van der Waals surface area contributed by atoms with Crippen molar-refractivity contribution >= 4 is 21.6 Å². The fraction of sp³-hybridized carbons (Fsp3) is 0.500. The molecule has 1 aromatic carbocycles. The highest BCUT2D eigenvalue weighted by Gasteiger charge is 2.17. The number of hydrogen-bond acceptors (Lipinski definition) is 3. The molecule has 1 fully saturated rings. The molecule has 0 radical (unpaired) electrons. The Morgan fingerprint density at radius 3 is 2.62 bits per heavy atom. The summed E-state index contributed by atoms with van der Waals surface area (Å²) >= 11 is 3.53. The third kappa shape index (κ3) is 2.56. The lowest BCUT2D eigenvalue weighted by Crippen LogP contribution is -2.35. The second kappa shape index (κ2) is 5.17. The van der Waals surface area contributed by atoms with Gasteiger partial charge >= 0.3 is 0 Å². The predicted molar refractivity (Wildman–Crippen MR) is 69.5 cm³/mol. The Morgan fingerprint density at radius 1 is 1.38 bits per heavy atom. The van der Waals surface area contributed by atoms with E-state index in [0.29, 0.717) is 6.54 Å². The molecule has 0 spiro atoms. The summed E-state index contributed by atoms with van der Waals surface area (Å²) in [5.41, 5.74) is 7.95. The Kier molecular flexibility index (Phi) is 3.84. The molecule has 4 heteroatoms. The van der Waals surface area contributed by atoms with Crippen LogP contribution in [-0.2, 0) is 6.54 Å². The summed E-state index contributed by atoms with van der Waals surface area (Å²) in [4.78, 5) is 2.30. The average molecular weight is 285 g/mol. The zero-order chi connectivity index (χ0) is 11.5. The van der Waals surface area contributed by atoms with Gasteiger partial charge in [-0.25, -0.2) is 0 Å². The number of hydrogen-bond donors (Lipinski definition) is 2. The van der Waals surface area contributed by atoms with Crippen molar-refractivity contribution in [3.05, 3.63) is 28.2 Å². The van der Waals surface area contributed by atoms with Gasteiger partial charge in [-0.15, -0.1) is 0 Å². The maximum absolute atomic E-state index is 9.46. The maximum atomic E-state index is 9.46. The van der Waals surface area contributed by atoms with Crippen LogP contribution in [0.15, 0.2) is 22.7 Å². The van der Waals surface area contributed by atoms with Crippen molar-refractivity contribution in [2.45, 2.75) is 25.5 Å². The largest absolute Gasteiger partial charge is 0.393 e. The molecule has 2 rings (SSSR count). The predicted octanol–water partition coefficient (Wildman–Crippen LogP) is 1.87. The lowest BCUT2D eigenvalue weighted by Gasteiger charge is -2.31. The van der Waals surface area contributed by atoms with Crippen LogP contribution in [0, 0.1) is 0 Å². The third-order valence-corrected chi connectivity index (χ3v) is 3.82. The van der Waals surface area contributed by atoms with Crippen LogP contribution in [0.4, 0.5) is 5.69 Å². The second-order valence-corrected chi connectivity index (χ2v) is 5.05. The number of piperidine rings is 1. The fourth-order valence-corrected chi connectivity index (χ4v) is 2.55. The second-order valence-electron chi connectivity index (χ2n) is 4.20. The van der Waals surface area contributed by atoms with E-state index in [0.717, 1.165) is 36.0 Å². The number of benzene rings is 1. The van der Waals surface area contributed by atoms with Gasteiger partial charge in [0.1, 0.15) is 0 Å². The molecule has 1 saturated heterocycles. The number of aliphatic hydroxyl groups excluding tert-OH is 1. The number of rotatable bonds is 2. The van der Waals surface area contributed by atoms with Gasteiger partial charge in [-0.05, 0) is 30.5 Å². The first-order valence-electron chi connectivity index (χ1n) is 5.62. The van der Waals surface area contributed by atoms with Crippen LogP contribution < -0.4 is 10.6 Å². The van der Waals surface area contributed by atoms with Crippen LogP contribution >= 0.6 is 15.9 Å². The van der Waals surface area contributed by atoms with E-state index in [1.165, 1.54) is 5.69 Å². The van der Waals surface area contributed by atoms with Gasteiger partial charge in [0.25, 0.3) is 0 Å². The zero-order valence-electron chi connectivity index (χ0n) is 9.19. The molecule has 0 bridgehead atoms. The molecule has 0 amide bonds. The van der Waals surface area contributed by atoms with Crippen molar-refractivity contribution in [3.8, 4) is 0 Å². The van der Waals surface area contributed by atoms with Gasteiger partial charge in [-0.1, -0.05) is 22.0 Å². The molecule has 3 nitrogen and oxygen atoms in total. The molecular weight excluding hydrogens is 268 g/mol. The maximum Gasteiger partial charge on any atom is 0.0574 e. The van der Waals surface area contributed by atoms with Crippen LogP contribution in [0.25, 0.3) is 0 Å². The molecule has 1 aliphatic heterocycles. The highest BCUT2D eigenvalue weighted by atomic mass is 79.9. The van der Waals surface area contributed by atoms with Gasteiger partial charge < -0.3 is 15.7 Å². The Hall–Kier alpha value is -0.580. The Bertz CT molecular complexity index is 362. The molecule has 1 heterocycles. The minimum atomic E-state index is -0.122. The standard InChI is InChI=1S/C12H17BrN2O/c13-12-7-10(2-1-9(12)8-14)15-5-3-11(16)4-6-15/h1-2,7,11,16H,3-6,8,14H2. The number of anilines is 1. The smallest absolute Gasteiger partial charge is 0.0574 e. The first-order valence-corrected chi connectivity index (χ1v) is 6.41. The average Bonchev–Trinajstić information content (AvgIpc) is 2.30. The minimum Gasteiger partial charge on any atom is -0.393 e. The molecule has 0 aromatic heterocycles. The van der Waals surface area contributed by atoms with Crippen molar-refractivity contribution in [1.29, 1.82) is 0 Å². The number of nitrogens with two attached hydrogens (primary N) is 1. The molecular formula is C12H17BrN2O. The van der Waals surface area contributed by atoms with Crippen LogP contribution in [0.2, 0.25) is 0 Å². The van der Waals surface area contributed by atoms with Gasteiger partial charge in [0.2, 0.25) is 0 Å². The first kappa shape index (κ1) is 11.9. The van der Waals surface area contributed by atoms with Gasteiger partial charge in [-0.2, -0.15) is 0 Å². The lowest BCUT2D eigenvalue weighted by atomic mass is 10.1. The summed E-state index contributed by atoms with van der Waals surface area (Å²) in [5, 5.41) is 9.46. The minimum absolute atomic E-state index is 0.122. The van der Waals surface area contributed by atoms with Gasteiger partial charge in [-0.3, -0.25) is 0 Å². The molecule has 1 aromatic rings. The summed E-state index contributed by atoms with van der Waals surface area (Å²) in [6, 6.07) is 6.27. The monoisotopic (exact) mass is 284 g/mol. The van der Waals surface area contributed by atoms with Gasteiger partial charge in [0, 0.05) is 29.8 Å². The van der Waals surface area contributed by atoms with E-state index >= 15 is 0 Å². The molecule has 88 valence electrons. The summed E-state index contributed by atoms with van der Waals surface area (Å²) < 4.78 is 1.07. The molecule has 0 atom stereocenters. The van der Waals surface area contributed by atoms with E-state index in [1.807, 2.05) is 0 Å². The number of aliphatic hydroxyl groups is 1. The Morgan fingerprint density at radius 2 is 2.06 bits per heavy atom. The van der Waals surface area contributed by atoms with E-state index in [9.17, 15) is 5.11 Å². The van der Waals surface area contributed by atoms with Crippen molar-refractivity contribution < 1.29 is 5.11 Å². The van der Waals surface area contributed by atoms with Crippen LogP contribution in [0.1, 0.15) is 18.4 Å². The van der Waals surface area contributed by atoms with E-state index < -0.39 is 0 Å². The van der Waals surface area contributed by atoms with Gasteiger partial charge in [0.15, 0.2) is 0 Å². The third-order valence-electron chi connectivity index (χ3n) is 3.09. The SMILES string of the molecule is NCc1ccc(N2CCC(O)CC2)cc1Br. The summed E-state index contributed by atoms with van der Waals surface area (Å²) in [7, 11) is 0. The van der Waals surface area contributed by atoms with Gasteiger partial charge in [0.05, 0.1) is 6.10 Å².